The van der Waals surface area contributed by atoms with Gasteiger partial charge in [-0.15, -0.1) is 0 Å². The maximum absolute atomic E-state index is 13.9. The zero-order valence-corrected chi connectivity index (χ0v) is 23.0. The number of ether oxygens (including phenoxy) is 1. The molecule has 0 radical (unpaired) electrons. The van der Waals surface area contributed by atoms with Crippen LogP contribution in [-0.4, -0.2) is 40.0 Å². The molecule has 0 fully saturated rings. The van der Waals surface area contributed by atoms with Gasteiger partial charge in [-0.2, -0.15) is 0 Å². The molecule has 1 aliphatic rings. The summed E-state index contributed by atoms with van der Waals surface area (Å²) in [6.45, 7) is 6.39. The summed E-state index contributed by atoms with van der Waals surface area (Å²) in [5, 5.41) is 21.1. The van der Waals surface area contributed by atoms with Gasteiger partial charge in [-0.05, 0) is 66.0 Å². The molecule has 39 heavy (non-hydrogen) atoms. The first-order valence-electron chi connectivity index (χ1n) is 13.9. The van der Waals surface area contributed by atoms with E-state index in [1.807, 2.05) is 19.1 Å². The third-order valence-corrected chi connectivity index (χ3v) is 7.06. The summed E-state index contributed by atoms with van der Waals surface area (Å²) < 4.78 is 19.0. The van der Waals surface area contributed by atoms with E-state index in [1.165, 1.54) is 17.7 Å². The number of benzene rings is 2. The second kappa shape index (κ2) is 13.1. The average molecular weight is 532 g/mol. The Morgan fingerprint density at radius 1 is 1.10 bits per heavy atom. The van der Waals surface area contributed by atoms with Gasteiger partial charge in [-0.3, -0.25) is 9.78 Å². The molecule has 2 atom stereocenters. The number of carbonyl (C=O) groups is 1. The summed E-state index contributed by atoms with van der Waals surface area (Å²) in [5.41, 5.74) is 8.13. The van der Waals surface area contributed by atoms with Crippen LogP contribution in [0.2, 0.25) is 0 Å². The maximum atomic E-state index is 13.9. The molecule has 2 aromatic carbocycles. The maximum Gasteiger partial charge on any atom is 0.308 e. The van der Waals surface area contributed by atoms with Crippen LogP contribution in [0.15, 0.2) is 54.6 Å². The van der Waals surface area contributed by atoms with Gasteiger partial charge in [0.15, 0.2) is 0 Å². The van der Waals surface area contributed by atoms with Crippen LogP contribution < -0.4 is 0 Å². The molecular weight excluding hydrogens is 493 g/mol. The third kappa shape index (κ3) is 7.00. The fourth-order valence-corrected chi connectivity index (χ4v) is 5.22. The van der Waals surface area contributed by atoms with Gasteiger partial charge in [-0.25, -0.2) is 4.39 Å². The standard InChI is InChI=1S/C33H38FNO4/c1-4-18-39-30(38)20-26(37)19-25(36)16-17-29-31(23-12-14-24(34)15-13-23)28-11-7-9-22-8-5-6-10-27(22)33(28)35-32(29)21(2)3/h5-6,8,10,12-17,21,25-26,36-37H,4,7,9,11,18-20H2,1-3H3/b17-16+/t25-,26-/m1/s1. The van der Waals surface area contributed by atoms with Crippen LogP contribution in [0.25, 0.3) is 28.5 Å². The van der Waals surface area contributed by atoms with Gasteiger partial charge in [0, 0.05) is 17.5 Å². The van der Waals surface area contributed by atoms with Gasteiger partial charge in [0.25, 0.3) is 0 Å². The van der Waals surface area contributed by atoms with Gasteiger partial charge in [-0.1, -0.05) is 69.3 Å². The Bertz CT molecular complexity index is 1320. The zero-order valence-electron chi connectivity index (χ0n) is 23.0. The van der Waals surface area contributed by atoms with Crippen LogP contribution >= 0.6 is 0 Å². The van der Waals surface area contributed by atoms with Crippen LogP contribution in [0.3, 0.4) is 0 Å². The Morgan fingerprint density at radius 2 is 1.85 bits per heavy atom. The SMILES string of the molecule is CCCOC(=O)C[C@H](O)C[C@H](O)/C=C/c1c(C(C)C)nc2c(c1-c1ccc(F)cc1)CCCc1ccccc1-2. The second-order valence-corrected chi connectivity index (χ2v) is 10.5. The number of hydrogen-bond donors (Lipinski definition) is 2. The van der Waals surface area contributed by atoms with Crippen LogP contribution in [0.4, 0.5) is 4.39 Å². The summed E-state index contributed by atoms with van der Waals surface area (Å²) in [6, 6.07) is 14.9. The lowest BCUT2D eigenvalue weighted by Gasteiger charge is -2.22. The number of pyridine rings is 1. The normalized spacial score (nSPS) is 14.5. The van der Waals surface area contributed by atoms with Crippen LogP contribution in [-0.2, 0) is 22.4 Å². The van der Waals surface area contributed by atoms with E-state index in [0.29, 0.717) is 13.0 Å². The fraction of sp³-hybridized carbons (Fsp3) is 0.394. The Labute approximate surface area is 230 Å². The largest absolute Gasteiger partial charge is 0.466 e. The van der Waals surface area contributed by atoms with Crippen molar-refractivity contribution in [2.24, 2.45) is 0 Å². The van der Waals surface area contributed by atoms with Gasteiger partial charge < -0.3 is 14.9 Å². The van der Waals surface area contributed by atoms with Crippen molar-refractivity contribution in [1.29, 1.82) is 0 Å². The minimum atomic E-state index is -1.02. The number of esters is 1. The summed E-state index contributed by atoms with van der Waals surface area (Å²) in [4.78, 5) is 17.1. The molecule has 5 nitrogen and oxygen atoms in total. The molecule has 6 heteroatoms. The molecule has 0 aliphatic heterocycles. The summed E-state index contributed by atoms with van der Waals surface area (Å²) in [7, 11) is 0. The Kier molecular flexibility index (Phi) is 9.65. The van der Waals surface area contributed by atoms with Gasteiger partial charge in [0.05, 0.1) is 36.6 Å². The molecular formula is C33H38FNO4. The highest BCUT2D eigenvalue weighted by atomic mass is 19.1. The first kappa shape index (κ1) is 28.7. The van der Waals surface area contributed by atoms with Crippen LogP contribution in [0.1, 0.15) is 74.8 Å². The lowest BCUT2D eigenvalue weighted by Crippen LogP contribution is -2.21. The topological polar surface area (TPSA) is 79.7 Å². The molecule has 0 unspecified atom stereocenters. The average Bonchev–Trinajstić information content (AvgIpc) is 3.09. The van der Waals surface area contributed by atoms with E-state index in [9.17, 15) is 19.4 Å². The van der Waals surface area contributed by atoms with Crippen molar-refractivity contribution < 1.29 is 24.1 Å². The van der Waals surface area contributed by atoms with Crippen LogP contribution in [0.5, 0.6) is 0 Å². The molecule has 0 amide bonds. The first-order chi connectivity index (χ1) is 18.8. The number of rotatable bonds is 10. The van der Waals surface area contributed by atoms with Crippen molar-refractivity contribution in [3.63, 3.8) is 0 Å². The molecule has 206 valence electrons. The number of nitrogens with zero attached hydrogens (tertiary/aromatic N) is 1. The number of halogens is 1. The number of aliphatic hydroxyl groups is 2. The minimum Gasteiger partial charge on any atom is -0.466 e. The monoisotopic (exact) mass is 531 g/mol. The molecule has 1 aliphatic carbocycles. The predicted molar refractivity (Wildman–Crippen MR) is 153 cm³/mol. The minimum absolute atomic E-state index is 0.00631. The van der Waals surface area contributed by atoms with Gasteiger partial charge >= 0.3 is 5.97 Å². The molecule has 0 saturated carbocycles. The van der Waals surface area contributed by atoms with E-state index in [-0.39, 0.29) is 24.6 Å². The molecule has 4 rings (SSSR count). The van der Waals surface area contributed by atoms with E-state index in [2.05, 4.69) is 32.0 Å². The van der Waals surface area contributed by atoms with Crippen molar-refractivity contribution >= 4 is 12.0 Å². The Hall–Kier alpha value is -3.35. The third-order valence-electron chi connectivity index (χ3n) is 7.06. The molecule has 1 aromatic heterocycles. The molecule has 3 aromatic rings. The highest BCUT2D eigenvalue weighted by molar-refractivity contribution is 5.85. The number of aryl methyl sites for hydroxylation is 1. The summed E-state index contributed by atoms with van der Waals surface area (Å²) >= 11 is 0. The van der Waals surface area contributed by atoms with E-state index in [1.54, 1.807) is 18.2 Å². The van der Waals surface area contributed by atoms with E-state index < -0.39 is 18.2 Å². The highest BCUT2D eigenvalue weighted by Gasteiger charge is 2.25. The van der Waals surface area contributed by atoms with Gasteiger partial charge in [0.2, 0.25) is 0 Å². The zero-order chi connectivity index (χ0) is 27.9. The molecule has 2 N–H and O–H groups in total. The van der Waals surface area contributed by atoms with Crippen LogP contribution in [0, 0.1) is 5.82 Å². The van der Waals surface area contributed by atoms with E-state index in [4.69, 9.17) is 9.72 Å². The highest BCUT2D eigenvalue weighted by Crippen LogP contribution is 2.42. The van der Waals surface area contributed by atoms with E-state index in [0.717, 1.165) is 58.5 Å². The quantitative estimate of drug-likeness (QED) is 0.287. The van der Waals surface area contributed by atoms with Crippen molar-refractivity contribution in [1.82, 2.24) is 4.98 Å². The number of aliphatic hydroxyl groups excluding tert-OH is 2. The number of carbonyl (C=O) groups excluding carboxylic acids is 1. The molecule has 0 spiro atoms. The van der Waals surface area contributed by atoms with Crippen molar-refractivity contribution in [2.45, 2.75) is 77.4 Å². The predicted octanol–water partition coefficient (Wildman–Crippen LogP) is 6.64. The number of aromatic nitrogens is 1. The Balaban J connectivity index is 1.77. The number of hydrogen-bond acceptors (Lipinski definition) is 5. The second-order valence-electron chi connectivity index (χ2n) is 10.5. The van der Waals surface area contributed by atoms with E-state index >= 15 is 0 Å². The molecule has 1 heterocycles. The first-order valence-corrected chi connectivity index (χ1v) is 13.9. The van der Waals surface area contributed by atoms with Crippen molar-refractivity contribution in [3.05, 3.63) is 82.8 Å². The van der Waals surface area contributed by atoms with Crippen molar-refractivity contribution in [2.75, 3.05) is 6.61 Å². The summed E-state index contributed by atoms with van der Waals surface area (Å²) in [5.74, 6) is -0.690. The van der Waals surface area contributed by atoms with Crippen molar-refractivity contribution in [3.8, 4) is 22.4 Å². The Morgan fingerprint density at radius 3 is 2.56 bits per heavy atom. The lowest BCUT2D eigenvalue weighted by molar-refractivity contribution is -0.146. The fourth-order valence-electron chi connectivity index (χ4n) is 5.22. The smallest absolute Gasteiger partial charge is 0.308 e. The van der Waals surface area contributed by atoms with Gasteiger partial charge in [0.1, 0.15) is 5.82 Å². The molecule has 0 saturated heterocycles. The number of fused-ring (bicyclic) bond motifs is 3. The molecule has 0 bridgehead atoms. The summed E-state index contributed by atoms with van der Waals surface area (Å²) in [6.07, 6.45) is 4.82. The lowest BCUT2D eigenvalue weighted by atomic mass is 9.86.